The molecule has 1 aliphatic carbocycles. The second kappa shape index (κ2) is 4.29. The standard InChI is InChI=1S/C11H12ClN3O4S/c1-20(18,19)10-13-7(2-8(12)14-10)9-5-3-15(11(16)17)4-6(5)9/h2,5-6,9H,3-4H2,1H3,(H,16,17). The fourth-order valence-corrected chi connectivity index (χ4v) is 3.65. The molecule has 1 saturated heterocycles. The topological polar surface area (TPSA) is 100 Å². The number of aromatic nitrogens is 2. The molecule has 0 aromatic carbocycles. The predicted molar refractivity (Wildman–Crippen MR) is 69.5 cm³/mol. The average Bonchev–Trinajstić information content (AvgIpc) is 2.82. The van der Waals surface area contributed by atoms with Crippen molar-refractivity contribution < 1.29 is 18.3 Å². The Bertz CT molecular complexity index is 681. The van der Waals surface area contributed by atoms with Crippen LogP contribution < -0.4 is 0 Å². The zero-order valence-electron chi connectivity index (χ0n) is 10.5. The maximum absolute atomic E-state index is 11.5. The molecule has 1 amide bonds. The number of carbonyl (C=O) groups is 1. The van der Waals surface area contributed by atoms with E-state index in [2.05, 4.69) is 9.97 Å². The first-order valence-electron chi connectivity index (χ1n) is 6.00. The Morgan fingerprint density at radius 1 is 1.40 bits per heavy atom. The number of carboxylic acid groups (broad SMARTS) is 1. The lowest BCUT2D eigenvalue weighted by Crippen LogP contribution is -2.29. The highest BCUT2D eigenvalue weighted by molar-refractivity contribution is 7.90. The molecule has 1 aromatic rings. The highest BCUT2D eigenvalue weighted by Crippen LogP contribution is 2.57. The van der Waals surface area contributed by atoms with E-state index in [0.717, 1.165) is 6.26 Å². The second-order valence-electron chi connectivity index (χ2n) is 5.21. The van der Waals surface area contributed by atoms with Gasteiger partial charge in [-0.3, -0.25) is 0 Å². The lowest BCUT2D eigenvalue weighted by molar-refractivity contribution is 0.150. The van der Waals surface area contributed by atoms with Crippen molar-refractivity contribution in [1.82, 2.24) is 14.9 Å². The van der Waals surface area contributed by atoms with Crippen LogP contribution in [0.5, 0.6) is 0 Å². The number of hydrogen-bond donors (Lipinski definition) is 1. The van der Waals surface area contributed by atoms with Gasteiger partial charge in [0.2, 0.25) is 15.0 Å². The van der Waals surface area contributed by atoms with Crippen LogP contribution in [0.4, 0.5) is 4.79 Å². The number of piperidine rings is 1. The van der Waals surface area contributed by atoms with Gasteiger partial charge in [0.15, 0.2) is 0 Å². The molecule has 1 N–H and O–H groups in total. The predicted octanol–water partition coefficient (Wildman–Crippen LogP) is 0.857. The van der Waals surface area contributed by atoms with Gasteiger partial charge in [0.05, 0.1) is 5.69 Å². The number of rotatable bonds is 2. The number of sulfone groups is 1. The third-order valence-electron chi connectivity index (χ3n) is 3.83. The van der Waals surface area contributed by atoms with Gasteiger partial charge in [0.25, 0.3) is 0 Å². The van der Waals surface area contributed by atoms with E-state index in [4.69, 9.17) is 16.7 Å². The van der Waals surface area contributed by atoms with Crippen molar-refractivity contribution in [2.24, 2.45) is 11.8 Å². The number of amides is 1. The van der Waals surface area contributed by atoms with Crippen LogP contribution in [-0.2, 0) is 9.84 Å². The first-order chi connectivity index (χ1) is 9.27. The number of nitrogens with zero attached hydrogens (tertiary/aromatic N) is 3. The molecule has 1 aliphatic heterocycles. The van der Waals surface area contributed by atoms with E-state index < -0.39 is 15.9 Å². The summed E-state index contributed by atoms with van der Waals surface area (Å²) in [4.78, 5) is 20.0. The van der Waals surface area contributed by atoms with Crippen LogP contribution in [0, 0.1) is 11.8 Å². The van der Waals surface area contributed by atoms with Gasteiger partial charge in [0, 0.05) is 25.3 Å². The summed E-state index contributed by atoms with van der Waals surface area (Å²) >= 11 is 5.84. The minimum absolute atomic E-state index is 0.0756. The lowest BCUT2D eigenvalue weighted by atomic mass is 10.2. The van der Waals surface area contributed by atoms with Gasteiger partial charge in [-0.2, -0.15) is 0 Å². The summed E-state index contributed by atoms with van der Waals surface area (Å²) in [5.74, 6) is 0.473. The summed E-state index contributed by atoms with van der Waals surface area (Å²) in [5.41, 5.74) is 0.588. The third-order valence-corrected chi connectivity index (χ3v) is 4.87. The van der Waals surface area contributed by atoms with E-state index >= 15 is 0 Å². The molecule has 20 heavy (non-hydrogen) atoms. The molecule has 2 unspecified atom stereocenters. The van der Waals surface area contributed by atoms with Crippen molar-refractivity contribution in [2.75, 3.05) is 19.3 Å². The maximum atomic E-state index is 11.5. The number of likely N-dealkylation sites (tertiary alicyclic amines) is 1. The van der Waals surface area contributed by atoms with E-state index in [0.29, 0.717) is 18.8 Å². The van der Waals surface area contributed by atoms with Gasteiger partial charge < -0.3 is 10.0 Å². The van der Waals surface area contributed by atoms with Gasteiger partial charge in [-0.05, 0) is 17.9 Å². The third kappa shape index (κ3) is 2.22. The molecule has 9 heteroatoms. The molecule has 7 nitrogen and oxygen atoms in total. The Labute approximate surface area is 120 Å². The molecule has 2 atom stereocenters. The monoisotopic (exact) mass is 317 g/mol. The molecular weight excluding hydrogens is 306 g/mol. The van der Waals surface area contributed by atoms with E-state index in [-0.39, 0.29) is 28.1 Å². The Morgan fingerprint density at radius 3 is 2.50 bits per heavy atom. The Kier molecular flexibility index (Phi) is 2.91. The summed E-state index contributed by atoms with van der Waals surface area (Å²) in [6, 6.07) is 1.56. The highest BCUT2D eigenvalue weighted by Gasteiger charge is 2.58. The summed E-state index contributed by atoms with van der Waals surface area (Å²) in [7, 11) is -3.51. The van der Waals surface area contributed by atoms with Crippen LogP contribution in [0.1, 0.15) is 11.6 Å². The Balaban J connectivity index is 1.85. The van der Waals surface area contributed by atoms with Crippen molar-refractivity contribution in [3.63, 3.8) is 0 Å². The quantitative estimate of drug-likeness (QED) is 0.641. The van der Waals surface area contributed by atoms with Crippen LogP contribution in [0.3, 0.4) is 0 Å². The number of halogens is 1. The Morgan fingerprint density at radius 2 is 2.00 bits per heavy atom. The normalized spacial score (nSPS) is 28.3. The van der Waals surface area contributed by atoms with Crippen molar-refractivity contribution in [1.29, 1.82) is 0 Å². The molecule has 1 aromatic heterocycles. The zero-order chi connectivity index (χ0) is 14.7. The first-order valence-corrected chi connectivity index (χ1v) is 8.26. The maximum Gasteiger partial charge on any atom is 0.407 e. The van der Waals surface area contributed by atoms with E-state index in [1.807, 2.05) is 0 Å². The number of hydrogen-bond acceptors (Lipinski definition) is 5. The van der Waals surface area contributed by atoms with Crippen LogP contribution >= 0.6 is 11.6 Å². The summed E-state index contributed by atoms with van der Waals surface area (Å²) in [5, 5.41) is 8.72. The van der Waals surface area contributed by atoms with Crippen LogP contribution in [0.25, 0.3) is 0 Å². The molecule has 0 bridgehead atoms. The van der Waals surface area contributed by atoms with Crippen molar-refractivity contribution in [3.05, 3.63) is 16.9 Å². The molecule has 2 fully saturated rings. The average molecular weight is 318 g/mol. The van der Waals surface area contributed by atoms with Crippen molar-refractivity contribution in [2.45, 2.75) is 11.1 Å². The minimum atomic E-state index is -3.51. The Hall–Kier alpha value is -1.41. The van der Waals surface area contributed by atoms with Gasteiger partial charge in [0.1, 0.15) is 5.15 Å². The molecule has 2 aliphatic rings. The smallest absolute Gasteiger partial charge is 0.407 e. The van der Waals surface area contributed by atoms with E-state index in [1.165, 1.54) is 4.90 Å². The highest BCUT2D eigenvalue weighted by atomic mass is 35.5. The SMILES string of the molecule is CS(=O)(=O)c1nc(Cl)cc(C2C3CN(C(=O)O)CC32)n1. The molecule has 2 heterocycles. The minimum Gasteiger partial charge on any atom is -0.465 e. The molecule has 3 rings (SSSR count). The largest absolute Gasteiger partial charge is 0.465 e. The van der Waals surface area contributed by atoms with Gasteiger partial charge in [-0.15, -0.1) is 0 Å². The van der Waals surface area contributed by atoms with Gasteiger partial charge in [-0.25, -0.2) is 23.2 Å². The fraction of sp³-hybridized carbons (Fsp3) is 0.545. The molecule has 1 saturated carbocycles. The van der Waals surface area contributed by atoms with Gasteiger partial charge >= 0.3 is 6.09 Å². The van der Waals surface area contributed by atoms with E-state index in [1.54, 1.807) is 6.07 Å². The molecule has 108 valence electrons. The van der Waals surface area contributed by atoms with Crippen LogP contribution in [0.2, 0.25) is 5.15 Å². The summed E-state index contributed by atoms with van der Waals surface area (Å²) in [6.45, 7) is 0.918. The molecule has 0 spiro atoms. The van der Waals surface area contributed by atoms with E-state index in [9.17, 15) is 13.2 Å². The van der Waals surface area contributed by atoms with Crippen molar-refractivity contribution >= 4 is 27.5 Å². The number of fused-ring (bicyclic) bond motifs is 1. The first kappa shape index (κ1) is 13.6. The summed E-state index contributed by atoms with van der Waals surface area (Å²) in [6.07, 6.45) is 0.107. The lowest BCUT2D eigenvalue weighted by Gasteiger charge is -2.15. The second-order valence-corrected chi connectivity index (χ2v) is 7.51. The van der Waals surface area contributed by atoms with Crippen LogP contribution in [0.15, 0.2) is 11.2 Å². The fourth-order valence-electron chi connectivity index (χ4n) is 2.87. The molecule has 0 radical (unpaired) electrons. The summed E-state index contributed by atoms with van der Waals surface area (Å²) < 4.78 is 23.0. The molecular formula is C11H12ClN3O4S. The van der Waals surface area contributed by atoms with Crippen molar-refractivity contribution in [3.8, 4) is 0 Å². The van der Waals surface area contributed by atoms with Crippen LogP contribution in [-0.4, -0.2) is 53.8 Å². The zero-order valence-corrected chi connectivity index (χ0v) is 12.1. The van der Waals surface area contributed by atoms with Gasteiger partial charge in [-0.1, -0.05) is 11.6 Å².